The summed E-state index contributed by atoms with van der Waals surface area (Å²) in [4.78, 5) is 27.7. The molecule has 1 saturated heterocycles. The van der Waals surface area contributed by atoms with Crippen LogP contribution in [-0.2, 0) is 24.5 Å². The number of ether oxygens (including phenoxy) is 2. The largest absolute Gasteiger partial charge is 0.455 e. The van der Waals surface area contributed by atoms with Crippen molar-refractivity contribution < 1.29 is 19.1 Å². The van der Waals surface area contributed by atoms with Crippen LogP contribution in [0.4, 0.5) is 0 Å². The average molecular weight is 386 g/mol. The van der Waals surface area contributed by atoms with Crippen molar-refractivity contribution in [3.63, 3.8) is 0 Å². The summed E-state index contributed by atoms with van der Waals surface area (Å²) < 4.78 is 11.5. The predicted molar refractivity (Wildman–Crippen MR) is 106 cm³/mol. The Labute approximate surface area is 167 Å². The van der Waals surface area contributed by atoms with Crippen molar-refractivity contribution in [2.75, 3.05) is 19.8 Å². The lowest BCUT2D eigenvalue weighted by molar-refractivity contribution is -0.166. The Bertz CT molecular complexity index is 733. The van der Waals surface area contributed by atoms with E-state index < -0.39 is 5.41 Å². The van der Waals surface area contributed by atoms with Crippen LogP contribution in [-0.4, -0.2) is 48.7 Å². The van der Waals surface area contributed by atoms with Gasteiger partial charge in [0.05, 0.1) is 24.2 Å². The second kappa shape index (κ2) is 7.86. The van der Waals surface area contributed by atoms with Gasteiger partial charge < -0.3 is 14.4 Å². The van der Waals surface area contributed by atoms with E-state index in [4.69, 9.17) is 9.47 Å². The van der Waals surface area contributed by atoms with Crippen LogP contribution in [0.2, 0.25) is 0 Å². The molecular weight excluding hydrogens is 354 g/mol. The van der Waals surface area contributed by atoms with E-state index in [1.807, 2.05) is 4.90 Å². The van der Waals surface area contributed by atoms with Crippen LogP contribution in [0.15, 0.2) is 18.2 Å². The smallest absolute Gasteiger partial charge is 0.317 e. The molecule has 1 aromatic carbocycles. The third kappa shape index (κ3) is 3.57. The van der Waals surface area contributed by atoms with E-state index in [0.29, 0.717) is 13.2 Å². The van der Waals surface area contributed by atoms with E-state index in [1.165, 1.54) is 0 Å². The topological polar surface area (TPSA) is 55.8 Å². The van der Waals surface area contributed by atoms with Crippen molar-refractivity contribution in [3.05, 3.63) is 34.9 Å². The number of morpholine rings is 1. The van der Waals surface area contributed by atoms with Crippen LogP contribution in [0.3, 0.4) is 0 Å². The number of esters is 1. The number of carbonyl (C=O) groups excluding carboxylic acids is 2. The standard InChI is InChI=1S/C23H31NO4/c1-16-12-17(2)14-18(13-16)23(8-5-9-23)22(26)28-15-21(25)24-10-11-27-20-7-4-3-6-19(20)24/h12-14,19-20H,3-11,15H2,1-2H3. The van der Waals surface area contributed by atoms with E-state index in [9.17, 15) is 9.59 Å². The van der Waals surface area contributed by atoms with Gasteiger partial charge in [0.1, 0.15) is 0 Å². The quantitative estimate of drug-likeness (QED) is 0.745. The average Bonchev–Trinajstić information content (AvgIpc) is 2.64. The molecule has 28 heavy (non-hydrogen) atoms. The summed E-state index contributed by atoms with van der Waals surface area (Å²) in [6.45, 7) is 5.12. The summed E-state index contributed by atoms with van der Waals surface area (Å²) in [5.74, 6) is -0.325. The molecular formula is C23H31NO4. The predicted octanol–water partition coefficient (Wildman–Crippen LogP) is 3.44. The van der Waals surface area contributed by atoms with Gasteiger partial charge in [-0.1, -0.05) is 48.6 Å². The fourth-order valence-electron chi connectivity index (χ4n) is 5.15. The summed E-state index contributed by atoms with van der Waals surface area (Å²) in [7, 11) is 0. The Balaban J connectivity index is 1.42. The van der Waals surface area contributed by atoms with E-state index in [2.05, 4.69) is 32.0 Å². The van der Waals surface area contributed by atoms with Crippen LogP contribution in [0, 0.1) is 13.8 Å². The van der Waals surface area contributed by atoms with Gasteiger partial charge in [0, 0.05) is 6.54 Å². The second-order valence-corrected chi connectivity index (χ2v) is 8.74. The number of hydrogen-bond acceptors (Lipinski definition) is 4. The van der Waals surface area contributed by atoms with Gasteiger partial charge in [-0.3, -0.25) is 9.59 Å². The van der Waals surface area contributed by atoms with Gasteiger partial charge in [0.15, 0.2) is 6.61 Å². The molecule has 5 heteroatoms. The molecule has 1 aromatic rings. The molecule has 1 amide bonds. The fourth-order valence-corrected chi connectivity index (χ4v) is 5.15. The minimum Gasteiger partial charge on any atom is -0.455 e. The number of amides is 1. The third-order valence-corrected chi connectivity index (χ3v) is 6.75. The van der Waals surface area contributed by atoms with Crippen LogP contribution in [0.25, 0.3) is 0 Å². The molecule has 3 aliphatic rings. The Hall–Kier alpha value is -1.88. The first kappa shape index (κ1) is 19.4. The van der Waals surface area contributed by atoms with Gasteiger partial charge in [-0.05, 0) is 45.1 Å². The first-order valence-electron chi connectivity index (χ1n) is 10.7. The maximum Gasteiger partial charge on any atom is 0.317 e. The van der Waals surface area contributed by atoms with E-state index >= 15 is 0 Å². The van der Waals surface area contributed by atoms with Crippen molar-refractivity contribution in [2.24, 2.45) is 0 Å². The Morgan fingerprint density at radius 2 is 1.82 bits per heavy atom. The van der Waals surface area contributed by atoms with Crippen molar-refractivity contribution in [2.45, 2.75) is 76.4 Å². The molecule has 0 aromatic heterocycles. The molecule has 1 aliphatic heterocycles. The monoisotopic (exact) mass is 385 g/mol. The van der Waals surface area contributed by atoms with Crippen LogP contribution >= 0.6 is 0 Å². The van der Waals surface area contributed by atoms with Gasteiger partial charge in [-0.2, -0.15) is 0 Å². The van der Waals surface area contributed by atoms with Gasteiger partial charge in [0.2, 0.25) is 0 Å². The van der Waals surface area contributed by atoms with E-state index in [-0.39, 0.29) is 30.6 Å². The normalized spacial score (nSPS) is 26.1. The van der Waals surface area contributed by atoms with Crippen LogP contribution in [0.1, 0.15) is 61.6 Å². The first-order valence-corrected chi connectivity index (χ1v) is 10.7. The number of aryl methyl sites for hydroxylation is 2. The zero-order valence-electron chi connectivity index (χ0n) is 17.0. The molecule has 152 valence electrons. The highest BCUT2D eigenvalue weighted by molar-refractivity contribution is 5.87. The van der Waals surface area contributed by atoms with Crippen molar-refractivity contribution in [1.82, 2.24) is 4.90 Å². The van der Waals surface area contributed by atoms with Gasteiger partial charge in [-0.25, -0.2) is 0 Å². The summed E-state index contributed by atoms with van der Waals surface area (Å²) in [6.07, 6.45) is 7.05. The Morgan fingerprint density at radius 1 is 1.11 bits per heavy atom. The van der Waals surface area contributed by atoms with Gasteiger partial charge >= 0.3 is 5.97 Å². The lowest BCUT2D eigenvalue weighted by atomic mass is 9.64. The minimum atomic E-state index is -0.574. The summed E-state index contributed by atoms with van der Waals surface area (Å²) in [6, 6.07) is 6.43. The summed E-state index contributed by atoms with van der Waals surface area (Å²) in [5, 5.41) is 0. The number of hydrogen-bond donors (Lipinski definition) is 0. The molecule has 0 radical (unpaired) electrons. The molecule has 0 spiro atoms. The molecule has 0 N–H and O–H groups in total. The SMILES string of the molecule is Cc1cc(C)cc(C2(C(=O)OCC(=O)N3CCOC4CCCCC43)CCC2)c1. The number of rotatable bonds is 4. The molecule has 2 saturated carbocycles. The maximum atomic E-state index is 13.0. The van der Waals surface area contributed by atoms with Crippen molar-refractivity contribution >= 4 is 11.9 Å². The summed E-state index contributed by atoms with van der Waals surface area (Å²) >= 11 is 0. The van der Waals surface area contributed by atoms with E-state index in [0.717, 1.165) is 61.6 Å². The lowest BCUT2D eigenvalue weighted by Gasteiger charge is -2.44. The van der Waals surface area contributed by atoms with Gasteiger partial charge in [0.25, 0.3) is 5.91 Å². The molecule has 0 bridgehead atoms. The number of fused-ring (bicyclic) bond motifs is 1. The summed E-state index contributed by atoms with van der Waals surface area (Å²) in [5.41, 5.74) is 2.77. The van der Waals surface area contributed by atoms with Crippen molar-refractivity contribution in [3.8, 4) is 0 Å². The highest BCUT2D eigenvalue weighted by atomic mass is 16.5. The molecule has 2 aliphatic carbocycles. The van der Waals surface area contributed by atoms with Crippen LogP contribution in [0.5, 0.6) is 0 Å². The maximum absolute atomic E-state index is 13.0. The second-order valence-electron chi connectivity index (χ2n) is 8.74. The third-order valence-electron chi connectivity index (χ3n) is 6.75. The van der Waals surface area contributed by atoms with Crippen molar-refractivity contribution in [1.29, 1.82) is 0 Å². The lowest BCUT2D eigenvalue weighted by Crippen LogP contribution is -2.56. The molecule has 2 unspecified atom stereocenters. The number of benzene rings is 1. The Morgan fingerprint density at radius 3 is 2.50 bits per heavy atom. The zero-order chi connectivity index (χ0) is 19.7. The van der Waals surface area contributed by atoms with Gasteiger partial charge in [-0.15, -0.1) is 0 Å². The highest BCUT2D eigenvalue weighted by Crippen LogP contribution is 2.45. The van der Waals surface area contributed by atoms with Crippen LogP contribution < -0.4 is 0 Å². The highest BCUT2D eigenvalue weighted by Gasteiger charge is 2.47. The molecule has 4 rings (SSSR count). The molecule has 5 nitrogen and oxygen atoms in total. The fraction of sp³-hybridized carbons (Fsp3) is 0.652. The molecule has 1 heterocycles. The zero-order valence-corrected chi connectivity index (χ0v) is 17.0. The first-order chi connectivity index (χ1) is 13.5. The molecule has 3 fully saturated rings. The number of carbonyl (C=O) groups is 2. The minimum absolute atomic E-state index is 0.0801. The molecule has 2 atom stereocenters. The number of nitrogens with zero attached hydrogens (tertiary/aromatic N) is 1. The Kier molecular flexibility index (Phi) is 5.46. The van der Waals surface area contributed by atoms with E-state index in [1.54, 1.807) is 0 Å².